The molecule has 0 bridgehead atoms. The van der Waals surface area contributed by atoms with E-state index < -0.39 is 5.97 Å². The van der Waals surface area contributed by atoms with Gasteiger partial charge in [-0.3, -0.25) is 4.79 Å². The summed E-state index contributed by atoms with van der Waals surface area (Å²) >= 11 is 1.54. The molecule has 1 heterocycles. The van der Waals surface area contributed by atoms with Gasteiger partial charge in [0.2, 0.25) is 0 Å². The Morgan fingerprint density at radius 3 is 3.00 bits per heavy atom. The zero-order valence-corrected chi connectivity index (χ0v) is 10.6. The number of carboxylic acid groups (broad SMARTS) is 1. The van der Waals surface area contributed by atoms with Gasteiger partial charge in [-0.25, -0.2) is 4.98 Å². The highest BCUT2D eigenvalue weighted by atomic mass is 32.1. The van der Waals surface area contributed by atoms with Crippen LogP contribution in [0.3, 0.4) is 0 Å². The maximum Gasteiger partial charge on any atom is 0.309 e. The molecule has 1 aromatic heterocycles. The third-order valence-corrected chi connectivity index (χ3v) is 3.21. The van der Waals surface area contributed by atoms with Crippen molar-refractivity contribution in [3.05, 3.63) is 16.1 Å². The van der Waals surface area contributed by atoms with E-state index in [1.165, 1.54) is 24.2 Å². The molecule has 0 aliphatic heterocycles. The normalized spacial score (nSPS) is 10.9. The van der Waals surface area contributed by atoms with Crippen molar-refractivity contribution in [1.82, 2.24) is 9.88 Å². The molecule has 0 aliphatic carbocycles. The maximum absolute atomic E-state index is 10.6. The summed E-state index contributed by atoms with van der Waals surface area (Å²) in [5, 5.41) is 8.74. The molecule has 5 heteroatoms. The molecule has 0 atom stereocenters. The summed E-state index contributed by atoms with van der Waals surface area (Å²) in [6.45, 7) is 4.00. The maximum atomic E-state index is 10.6. The highest BCUT2D eigenvalue weighted by Gasteiger charge is 2.11. The quantitative estimate of drug-likeness (QED) is 0.794. The summed E-state index contributed by atoms with van der Waals surface area (Å²) in [5.41, 5.74) is 2.43. The van der Waals surface area contributed by atoms with Crippen LogP contribution in [0.5, 0.6) is 0 Å². The lowest BCUT2D eigenvalue weighted by Gasteiger charge is -2.15. The lowest BCUT2D eigenvalue weighted by atomic mass is 10.2. The van der Waals surface area contributed by atoms with E-state index in [9.17, 15) is 4.79 Å². The minimum Gasteiger partial charge on any atom is -0.481 e. The van der Waals surface area contributed by atoms with Crippen molar-refractivity contribution in [2.75, 3.05) is 13.6 Å². The second kappa shape index (κ2) is 6.60. The molecule has 0 saturated carbocycles. The molecule has 90 valence electrons. The smallest absolute Gasteiger partial charge is 0.309 e. The Balaban J connectivity index is 2.52. The van der Waals surface area contributed by atoms with Crippen molar-refractivity contribution in [3.8, 4) is 0 Å². The number of carbonyl (C=O) groups is 1. The van der Waals surface area contributed by atoms with Crippen LogP contribution in [0.15, 0.2) is 5.51 Å². The molecule has 0 saturated heterocycles. The van der Waals surface area contributed by atoms with Gasteiger partial charge in [-0.05, 0) is 20.0 Å². The van der Waals surface area contributed by atoms with E-state index in [-0.39, 0.29) is 6.42 Å². The van der Waals surface area contributed by atoms with Gasteiger partial charge in [0.1, 0.15) is 0 Å². The summed E-state index contributed by atoms with van der Waals surface area (Å²) in [6, 6.07) is 0. The monoisotopic (exact) mass is 242 g/mol. The molecule has 0 unspecified atom stereocenters. The summed E-state index contributed by atoms with van der Waals surface area (Å²) < 4.78 is 0. The van der Waals surface area contributed by atoms with E-state index in [0.29, 0.717) is 5.69 Å². The molecular formula is C11H18N2O2S. The van der Waals surface area contributed by atoms with Crippen molar-refractivity contribution in [2.45, 2.75) is 32.7 Å². The van der Waals surface area contributed by atoms with Gasteiger partial charge in [-0.15, -0.1) is 11.3 Å². The fraction of sp³-hybridized carbons (Fsp3) is 0.636. The second-order valence-corrected chi connectivity index (χ2v) is 4.82. The topological polar surface area (TPSA) is 53.4 Å². The highest BCUT2D eigenvalue weighted by molar-refractivity contribution is 7.09. The number of rotatable bonds is 7. The standard InChI is InChI=1S/C11H18N2O2S/c1-3-4-5-13(2)7-10-9(6-11(14)15)12-8-16-10/h8H,3-7H2,1-2H3,(H,14,15). The van der Waals surface area contributed by atoms with E-state index in [2.05, 4.69) is 23.9 Å². The van der Waals surface area contributed by atoms with Crippen LogP contribution < -0.4 is 0 Å². The number of carboxylic acids is 1. The Hall–Kier alpha value is -0.940. The Morgan fingerprint density at radius 2 is 2.38 bits per heavy atom. The van der Waals surface area contributed by atoms with Crippen LogP contribution in [0.1, 0.15) is 30.3 Å². The van der Waals surface area contributed by atoms with Crippen LogP contribution in [0.2, 0.25) is 0 Å². The van der Waals surface area contributed by atoms with Crippen LogP contribution in [-0.4, -0.2) is 34.6 Å². The fourth-order valence-corrected chi connectivity index (χ4v) is 2.32. The first-order valence-corrected chi connectivity index (χ1v) is 6.33. The molecular weight excluding hydrogens is 224 g/mol. The predicted octanol–water partition coefficient (Wildman–Crippen LogP) is 2.00. The van der Waals surface area contributed by atoms with E-state index in [1.54, 1.807) is 5.51 Å². The largest absolute Gasteiger partial charge is 0.481 e. The van der Waals surface area contributed by atoms with Gasteiger partial charge in [-0.1, -0.05) is 13.3 Å². The number of aromatic nitrogens is 1. The lowest BCUT2D eigenvalue weighted by molar-refractivity contribution is -0.136. The zero-order chi connectivity index (χ0) is 12.0. The lowest BCUT2D eigenvalue weighted by Crippen LogP contribution is -2.19. The minimum absolute atomic E-state index is 0.0282. The van der Waals surface area contributed by atoms with Gasteiger partial charge in [0.05, 0.1) is 17.6 Å². The molecule has 0 aromatic carbocycles. The fourth-order valence-electron chi connectivity index (χ4n) is 1.46. The first-order chi connectivity index (χ1) is 7.63. The SMILES string of the molecule is CCCCN(C)Cc1scnc1CC(=O)O. The van der Waals surface area contributed by atoms with Crippen molar-refractivity contribution < 1.29 is 9.90 Å². The Labute approximate surface area is 99.9 Å². The van der Waals surface area contributed by atoms with E-state index in [0.717, 1.165) is 18.0 Å². The second-order valence-electron chi connectivity index (χ2n) is 3.88. The van der Waals surface area contributed by atoms with Crippen molar-refractivity contribution in [3.63, 3.8) is 0 Å². The van der Waals surface area contributed by atoms with E-state index in [1.807, 2.05) is 0 Å². The van der Waals surface area contributed by atoms with Crippen molar-refractivity contribution >= 4 is 17.3 Å². The van der Waals surface area contributed by atoms with Gasteiger partial charge in [0.15, 0.2) is 0 Å². The molecule has 1 rings (SSSR count). The molecule has 16 heavy (non-hydrogen) atoms. The summed E-state index contributed by atoms with van der Waals surface area (Å²) in [5.74, 6) is -0.816. The predicted molar refractivity (Wildman–Crippen MR) is 64.7 cm³/mol. The Kier molecular flexibility index (Phi) is 5.42. The third-order valence-electron chi connectivity index (χ3n) is 2.35. The summed E-state index contributed by atoms with van der Waals surface area (Å²) in [4.78, 5) is 18.0. The molecule has 1 N–H and O–H groups in total. The molecule has 0 spiro atoms. The minimum atomic E-state index is -0.816. The Bertz CT molecular complexity index is 338. The van der Waals surface area contributed by atoms with Gasteiger partial charge in [0, 0.05) is 11.4 Å². The Morgan fingerprint density at radius 1 is 1.62 bits per heavy atom. The third kappa shape index (κ3) is 4.28. The van der Waals surface area contributed by atoms with Crippen LogP contribution in [0.25, 0.3) is 0 Å². The number of thiazole rings is 1. The van der Waals surface area contributed by atoms with Gasteiger partial charge < -0.3 is 10.0 Å². The number of hydrogen-bond donors (Lipinski definition) is 1. The van der Waals surface area contributed by atoms with Crippen LogP contribution in [-0.2, 0) is 17.8 Å². The molecule has 0 aliphatic rings. The van der Waals surface area contributed by atoms with Crippen LogP contribution in [0, 0.1) is 0 Å². The summed E-state index contributed by atoms with van der Waals surface area (Å²) in [6.07, 6.45) is 2.37. The van der Waals surface area contributed by atoms with Crippen LogP contribution in [0.4, 0.5) is 0 Å². The molecule has 4 nitrogen and oxygen atoms in total. The average Bonchev–Trinajstić information content (AvgIpc) is 2.62. The molecule has 0 fully saturated rings. The number of unbranched alkanes of at least 4 members (excludes halogenated alkanes) is 1. The number of hydrogen-bond acceptors (Lipinski definition) is 4. The van der Waals surface area contributed by atoms with Crippen molar-refractivity contribution in [1.29, 1.82) is 0 Å². The van der Waals surface area contributed by atoms with Gasteiger partial charge >= 0.3 is 5.97 Å². The van der Waals surface area contributed by atoms with E-state index >= 15 is 0 Å². The highest BCUT2D eigenvalue weighted by Crippen LogP contribution is 2.16. The average molecular weight is 242 g/mol. The summed E-state index contributed by atoms with van der Waals surface area (Å²) in [7, 11) is 2.06. The zero-order valence-electron chi connectivity index (χ0n) is 9.77. The van der Waals surface area contributed by atoms with Crippen LogP contribution >= 0.6 is 11.3 Å². The van der Waals surface area contributed by atoms with Gasteiger partial charge in [-0.2, -0.15) is 0 Å². The first kappa shape index (κ1) is 13.1. The first-order valence-electron chi connectivity index (χ1n) is 5.45. The molecule has 0 amide bonds. The van der Waals surface area contributed by atoms with E-state index in [4.69, 9.17) is 5.11 Å². The molecule has 0 radical (unpaired) electrons. The van der Waals surface area contributed by atoms with Gasteiger partial charge in [0.25, 0.3) is 0 Å². The molecule has 1 aromatic rings. The number of aliphatic carboxylic acids is 1. The van der Waals surface area contributed by atoms with Crippen molar-refractivity contribution in [2.24, 2.45) is 0 Å². The number of nitrogens with zero attached hydrogens (tertiary/aromatic N) is 2.